The largest absolute Gasteiger partial charge is 0.480 e. The molecule has 20 heavy (non-hydrogen) atoms. The van der Waals surface area contributed by atoms with Crippen molar-refractivity contribution in [2.24, 2.45) is 5.92 Å². The quantitative estimate of drug-likeness (QED) is 0.817. The number of aromatic nitrogens is 2. The van der Waals surface area contributed by atoms with Gasteiger partial charge in [-0.25, -0.2) is 4.98 Å². The van der Waals surface area contributed by atoms with E-state index in [0.717, 1.165) is 0 Å². The van der Waals surface area contributed by atoms with Crippen molar-refractivity contribution in [3.8, 4) is 5.88 Å². The van der Waals surface area contributed by atoms with E-state index in [9.17, 15) is 13.2 Å². The van der Waals surface area contributed by atoms with Gasteiger partial charge in [-0.2, -0.15) is 18.2 Å². The summed E-state index contributed by atoms with van der Waals surface area (Å²) >= 11 is 3.32. The van der Waals surface area contributed by atoms with Crippen LogP contribution < -0.4 is 9.64 Å². The zero-order valence-electron chi connectivity index (χ0n) is 11.2. The van der Waals surface area contributed by atoms with Crippen molar-refractivity contribution in [3.05, 3.63) is 10.2 Å². The number of methoxy groups -OCH3 is 1. The van der Waals surface area contributed by atoms with E-state index in [1.54, 1.807) is 11.8 Å². The van der Waals surface area contributed by atoms with Gasteiger partial charge >= 0.3 is 6.18 Å². The molecule has 0 saturated carbocycles. The highest BCUT2D eigenvalue weighted by Gasteiger charge is 2.41. The molecule has 0 N–H and O–H groups in total. The SMILES string of the molecule is COc1nc(N2CCC(C(F)(F)F)CC2)nc(C)c1Br. The first-order chi connectivity index (χ1) is 9.32. The fourth-order valence-electron chi connectivity index (χ4n) is 2.20. The Bertz CT molecular complexity index is 488. The zero-order valence-corrected chi connectivity index (χ0v) is 12.8. The van der Waals surface area contributed by atoms with Gasteiger partial charge in [-0.15, -0.1) is 0 Å². The van der Waals surface area contributed by atoms with Crippen molar-refractivity contribution < 1.29 is 17.9 Å². The number of piperidine rings is 1. The van der Waals surface area contributed by atoms with E-state index in [1.165, 1.54) is 7.11 Å². The van der Waals surface area contributed by atoms with Crippen molar-refractivity contribution in [1.82, 2.24) is 9.97 Å². The third-order valence-electron chi connectivity index (χ3n) is 3.41. The monoisotopic (exact) mass is 353 g/mol. The fourth-order valence-corrected chi connectivity index (χ4v) is 2.54. The van der Waals surface area contributed by atoms with Gasteiger partial charge in [-0.1, -0.05) is 0 Å². The van der Waals surface area contributed by atoms with Crippen LogP contribution >= 0.6 is 15.9 Å². The Hall–Kier alpha value is -1.05. The topological polar surface area (TPSA) is 38.2 Å². The third kappa shape index (κ3) is 3.16. The Labute approximate surface area is 123 Å². The van der Waals surface area contributed by atoms with Crippen molar-refractivity contribution in [1.29, 1.82) is 0 Å². The molecule has 1 aromatic rings. The molecule has 112 valence electrons. The van der Waals surface area contributed by atoms with Crippen LogP contribution in [0.25, 0.3) is 0 Å². The van der Waals surface area contributed by atoms with E-state index < -0.39 is 12.1 Å². The molecule has 0 unspecified atom stereocenters. The smallest absolute Gasteiger partial charge is 0.391 e. The van der Waals surface area contributed by atoms with E-state index in [2.05, 4.69) is 25.9 Å². The van der Waals surface area contributed by atoms with Gasteiger partial charge in [-0.3, -0.25) is 0 Å². The number of ether oxygens (including phenoxy) is 1. The van der Waals surface area contributed by atoms with Gasteiger partial charge in [0.1, 0.15) is 4.47 Å². The summed E-state index contributed by atoms with van der Waals surface area (Å²) in [6.45, 7) is 2.39. The van der Waals surface area contributed by atoms with Crippen LogP contribution in [0.15, 0.2) is 4.47 Å². The number of anilines is 1. The number of rotatable bonds is 2. The molecule has 4 nitrogen and oxygen atoms in total. The number of halogens is 4. The van der Waals surface area contributed by atoms with Gasteiger partial charge in [0.15, 0.2) is 0 Å². The molecule has 0 spiro atoms. The van der Waals surface area contributed by atoms with Crippen molar-refractivity contribution in [3.63, 3.8) is 0 Å². The summed E-state index contributed by atoms with van der Waals surface area (Å²) in [4.78, 5) is 10.3. The molecular formula is C12H15BrF3N3O. The van der Waals surface area contributed by atoms with Crippen LogP contribution in [0.4, 0.5) is 19.1 Å². The molecule has 0 radical (unpaired) electrons. The number of alkyl halides is 3. The number of hydrogen-bond acceptors (Lipinski definition) is 4. The summed E-state index contributed by atoms with van der Waals surface area (Å²) in [5.41, 5.74) is 0.699. The lowest BCUT2D eigenvalue weighted by atomic mass is 9.96. The Morgan fingerprint density at radius 3 is 2.35 bits per heavy atom. The fraction of sp³-hybridized carbons (Fsp3) is 0.667. The number of aryl methyl sites for hydroxylation is 1. The highest BCUT2D eigenvalue weighted by Crippen LogP contribution is 2.35. The van der Waals surface area contributed by atoms with E-state index in [-0.39, 0.29) is 12.8 Å². The molecule has 0 bridgehead atoms. The standard InChI is InChI=1S/C12H15BrF3N3O/c1-7-9(13)10(20-2)18-11(17-7)19-5-3-8(4-6-19)12(14,15)16/h8H,3-6H2,1-2H3. The van der Waals surface area contributed by atoms with Crippen LogP contribution in [-0.4, -0.2) is 36.3 Å². The first-order valence-corrected chi connectivity index (χ1v) is 7.02. The summed E-state index contributed by atoms with van der Waals surface area (Å²) in [6, 6.07) is 0. The van der Waals surface area contributed by atoms with Crippen molar-refractivity contribution >= 4 is 21.9 Å². The number of hydrogen-bond donors (Lipinski definition) is 0. The van der Waals surface area contributed by atoms with Crippen molar-refractivity contribution in [2.75, 3.05) is 25.1 Å². The van der Waals surface area contributed by atoms with Gasteiger partial charge in [0.2, 0.25) is 11.8 Å². The van der Waals surface area contributed by atoms with E-state index in [0.29, 0.717) is 35.1 Å². The van der Waals surface area contributed by atoms with Gasteiger partial charge in [0.05, 0.1) is 18.7 Å². The van der Waals surface area contributed by atoms with Crippen LogP contribution in [0.2, 0.25) is 0 Å². The van der Waals surface area contributed by atoms with E-state index in [1.807, 2.05) is 0 Å². The predicted octanol–water partition coefficient (Wildman–Crippen LogP) is 3.33. The van der Waals surface area contributed by atoms with Crippen LogP contribution in [0.1, 0.15) is 18.5 Å². The highest BCUT2D eigenvalue weighted by atomic mass is 79.9. The minimum absolute atomic E-state index is 0.0737. The molecular weight excluding hydrogens is 339 g/mol. The van der Waals surface area contributed by atoms with Gasteiger partial charge < -0.3 is 9.64 Å². The summed E-state index contributed by atoms with van der Waals surface area (Å²) in [5.74, 6) is -0.411. The molecule has 0 aromatic carbocycles. The minimum atomic E-state index is -4.11. The molecule has 0 atom stereocenters. The molecule has 1 fully saturated rings. The maximum Gasteiger partial charge on any atom is 0.391 e. The molecule has 2 rings (SSSR count). The lowest BCUT2D eigenvalue weighted by Gasteiger charge is -2.33. The highest BCUT2D eigenvalue weighted by molar-refractivity contribution is 9.10. The Morgan fingerprint density at radius 1 is 1.25 bits per heavy atom. The minimum Gasteiger partial charge on any atom is -0.480 e. The van der Waals surface area contributed by atoms with Crippen LogP contribution in [0, 0.1) is 12.8 Å². The Balaban J connectivity index is 2.13. The molecule has 8 heteroatoms. The van der Waals surface area contributed by atoms with Crippen LogP contribution in [0.5, 0.6) is 5.88 Å². The first-order valence-electron chi connectivity index (χ1n) is 6.22. The average Bonchev–Trinajstić information content (AvgIpc) is 2.41. The summed E-state index contributed by atoms with van der Waals surface area (Å²) < 4.78 is 43.7. The summed E-state index contributed by atoms with van der Waals surface area (Å²) in [6.07, 6.45) is -3.96. The predicted molar refractivity (Wildman–Crippen MR) is 72.0 cm³/mol. The lowest BCUT2D eigenvalue weighted by Crippen LogP contribution is -2.39. The van der Waals surface area contributed by atoms with Crippen LogP contribution in [-0.2, 0) is 0 Å². The average molecular weight is 354 g/mol. The Morgan fingerprint density at radius 2 is 1.85 bits per heavy atom. The maximum atomic E-state index is 12.6. The molecule has 1 aliphatic heterocycles. The van der Waals surface area contributed by atoms with Crippen LogP contribution in [0.3, 0.4) is 0 Å². The zero-order chi connectivity index (χ0) is 14.9. The molecule has 2 heterocycles. The number of nitrogens with zero attached hydrogens (tertiary/aromatic N) is 3. The summed E-state index contributed by atoms with van der Waals surface area (Å²) in [7, 11) is 1.49. The van der Waals surface area contributed by atoms with E-state index in [4.69, 9.17) is 4.74 Å². The second-order valence-electron chi connectivity index (χ2n) is 4.74. The third-order valence-corrected chi connectivity index (χ3v) is 4.32. The second-order valence-corrected chi connectivity index (χ2v) is 5.53. The molecule has 1 saturated heterocycles. The molecule has 1 aromatic heterocycles. The molecule has 0 aliphatic carbocycles. The van der Waals surface area contributed by atoms with Crippen molar-refractivity contribution in [2.45, 2.75) is 25.9 Å². The van der Waals surface area contributed by atoms with Gasteiger partial charge in [0.25, 0.3) is 0 Å². The maximum absolute atomic E-state index is 12.6. The lowest BCUT2D eigenvalue weighted by molar-refractivity contribution is -0.179. The first kappa shape index (κ1) is 15.3. The van der Waals surface area contributed by atoms with Gasteiger partial charge in [0, 0.05) is 13.1 Å². The normalized spacial score (nSPS) is 17.4. The Kier molecular flexibility index (Phi) is 4.41. The molecule has 1 aliphatic rings. The second kappa shape index (κ2) is 5.75. The molecule has 0 amide bonds. The van der Waals surface area contributed by atoms with E-state index >= 15 is 0 Å². The van der Waals surface area contributed by atoms with Gasteiger partial charge in [-0.05, 0) is 35.7 Å². The summed E-state index contributed by atoms with van der Waals surface area (Å²) in [5, 5.41) is 0.